The summed E-state index contributed by atoms with van der Waals surface area (Å²) in [5.74, 6) is -0.140. The van der Waals surface area contributed by atoms with Crippen molar-refractivity contribution in [2.45, 2.75) is 12.6 Å². The Morgan fingerprint density at radius 2 is 1.85 bits per heavy atom. The Balaban J connectivity index is 2.05. The van der Waals surface area contributed by atoms with Crippen LogP contribution in [0.25, 0.3) is 0 Å². The highest BCUT2D eigenvalue weighted by molar-refractivity contribution is 9.10. The second kappa shape index (κ2) is 4.87. The first-order valence-corrected chi connectivity index (χ1v) is 7.12. The van der Waals surface area contributed by atoms with Crippen molar-refractivity contribution >= 4 is 27.5 Å². The summed E-state index contributed by atoms with van der Waals surface area (Å²) >= 11 is 3.45. The van der Waals surface area contributed by atoms with E-state index < -0.39 is 5.66 Å². The van der Waals surface area contributed by atoms with E-state index in [0.717, 1.165) is 15.6 Å². The molecule has 0 radical (unpaired) electrons. The van der Waals surface area contributed by atoms with Crippen molar-refractivity contribution in [3.8, 4) is 0 Å². The van der Waals surface area contributed by atoms with Gasteiger partial charge in [0, 0.05) is 15.6 Å². The number of nitrogens with one attached hydrogen (secondary N) is 1. The molecule has 0 aromatic heterocycles. The quantitative estimate of drug-likeness (QED) is 0.903. The molecule has 1 N–H and O–H groups in total. The Kier molecular flexibility index (Phi) is 3.18. The lowest BCUT2D eigenvalue weighted by Gasteiger charge is -2.21. The molecule has 1 unspecified atom stereocenters. The highest BCUT2D eigenvalue weighted by Gasteiger charge is 2.37. The van der Waals surface area contributed by atoms with Gasteiger partial charge in [-0.3, -0.25) is 4.79 Å². The van der Waals surface area contributed by atoms with Crippen LogP contribution in [0.2, 0.25) is 0 Å². The van der Waals surface area contributed by atoms with E-state index in [1.165, 1.54) is 0 Å². The Morgan fingerprint density at radius 1 is 1.10 bits per heavy atom. The lowest BCUT2D eigenvalue weighted by Crippen LogP contribution is -2.37. The molecule has 20 heavy (non-hydrogen) atoms. The van der Waals surface area contributed by atoms with Crippen molar-refractivity contribution in [3.63, 3.8) is 0 Å². The molecule has 2 aromatic rings. The highest BCUT2D eigenvalue weighted by atomic mass is 79.9. The van der Waals surface area contributed by atoms with E-state index in [2.05, 4.69) is 26.2 Å². The first-order valence-electron chi connectivity index (χ1n) is 6.32. The third-order valence-electron chi connectivity index (χ3n) is 3.34. The van der Waals surface area contributed by atoms with Gasteiger partial charge in [-0.25, -0.2) is 4.99 Å². The van der Waals surface area contributed by atoms with Gasteiger partial charge in [0.1, 0.15) is 5.71 Å². The zero-order valence-electron chi connectivity index (χ0n) is 10.9. The number of hydrogen-bond acceptors (Lipinski definition) is 2. The predicted octanol–water partition coefficient (Wildman–Crippen LogP) is 3.24. The van der Waals surface area contributed by atoms with E-state index >= 15 is 0 Å². The van der Waals surface area contributed by atoms with Gasteiger partial charge < -0.3 is 5.32 Å². The first kappa shape index (κ1) is 13.1. The largest absolute Gasteiger partial charge is 0.323 e. The van der Waals surface area contributed by atoms with Crippen LogP contribution < -0.4 is 5.32 Å². The minimum absolute atomic E-state index is 0.140. The summed E-state index contributed by atoms with van der Waals surface area (Å²) in [6.45, 7) is 1.91. The topological polar surface area (TPSA) is 41.5 Å². The smallest absolute Gasteiger partial charge is 0.272 e. The van der Waals surface area contributed by atoms with Crippen LogP contribution in [0.1, 0.15) is 18.1 Å². The summed E-state index contributed by atoms with van der Waals surface area (Å²) in [7, 11) is 0. The molecule has 0 bridgehead atoms. The van der Waals surface area contributed by atoms with E-state index in [4.69, 9.17) is 0 Å². The van der Waals surface area contributed by atoms with Crippen molar-refractivity contribution < 1.29 is 4.79 Å². The molecule has 0 aliphatic carbocycles. The molecular formula is C16H13BrN2O. The fourth-order valence-electron chi connectivity index (χ4n) is 2.30. The number of aliphatic imine (C=N–C) groups is 1. The van der Waals surface area contributed by atoms with Gasteiger partial charge in [-0.05, 0) is 19.1 Å². The predicted molar refractivity (Wildman–Crippen MR) is 82.6 cm³/mol. The number of carbonyl (C=O) groups excluding carboxylic acids is 1. The van der Waals surface area contributed by atoms with E-state index in [1.807, 2.05) is 61.5 Å². The third-order valence-corrected chi connectivity index (χ3v) is 3.83. The zero-order chi connectivity index (χ0) is 14.2. The van der Waals surface area contributed by atoms with Crippen LogP contribution in [0.15, 0.2) is 64.1 Å². The van der Waals surface area contributed by atoms with Gasteiger partial charge in [-0.2, -0.15) is 0 Å². The molecule has 0 fully saturated rings. The monoisotopic (exact) mass is 328 g/mol. The Bertz CT molecular complexity index is 697. The minimum atomic E-state index is -0.716. The average Bonchev–Trinajstić information content (AvgIpc) is 2.77. The van der Waals surface area contributed by atoms with Crippen molar-refractivity contribution in [1.82, 2.24) is 5.32 Å². The van der Waals surface area contributed by atoms with Crippen LogP contribution in [0.4, 0.5) is 0 Å². The molecule has 0 saturated heterocycles. The van der Waals surface area contributed by atoms with Gasteiger partial charge in [0.15, 0.2) is 5.66 Å². The number of rotatable bonds is 2. The normalized spacial score (nSPS) is 21.5. The molecule has 1 heterocycles. The Labute approximate surface area is 125 Å². The maximum atomic E-state index is 12.2. The second-order valence-electron chi connectivity index (χ2n) is 4.86. The molecule has 0 saturated carbocycles. The lowest BCUT2D eigenvalue weighted by atomic mass is 10.0. The number of nitrogens with zero attached hydrogens (tertiary/aromatic N) is 1. The number of halogens is 1. The molecule has 4 heteroatoms. The molecule has 3 rings (SSSR count). The van der Waals surface area contributed by atoms with Crippen LogP contribution in [0, 0.1) is 0 Å². The van der Waals surface area contributed by atoms with Crippen LogP contribution in [-0.2, 0) is 10.5 Å². The number of amides is 1. The average molecular weight is 329 g/mol. The van der Waals surface area contributed by atoms with Crippen molar-refractivity contribution in [2.75, 3.05) is 0 Å². The zero-order valence-corrected chi connectivity index (χ0v) is 12.5. The van der Waals surface area contributed by atoms with Crippen LogP contribution in [0.5, 0.6) is 0 Å². The number of benzene rings is 2. The SMILES string of the molecule is CC1(c2cccc(Br)c2)N=C(c2ccccc2)C(=O)N1. The van der Waals surface area contributed by atoms with Crippen LogP contribution in [-0.4, -0.2) is 11.6 Å². The summed E-state index contributed by atoms with van der Waals surface area (Å²) in [4.78, 5) is 16.8. The highest BCUT2D eigenvalue weighted by Crippen LogP contribution is 2.29. The lowest BCUT2D eigenvalue weighted by molar-refractivity contribution is -0.115. The fourth-order valence-corrected chi connectivity index (χ4v) is 2.70. The molecule has 3 nitrogen and oxygen atoms in total. The summed E-state index contributed by atoms with van der Waals surface area (Å²) in [5.41, 5.74) is 1.55. The molecule has 1 amide bonds. The second-order valence-corrected chi connectivity index (χ2v) is 5.78. The molecule has 1 aliphatic heterocycles. The molecule has 1 aliphatic rings. The van der Waals surface area contributed by atoms with Crippen LogP contribution >= 0.6 is 15.9 Å². The number of hydrogen-bond donors (Lipinski definition) is 1. The van der Waals surface area contributed by atoms with E-state index in [0.29, 0.717) is 5.71 Å². The molecule has 2 aromatic carbocycles. The Morgan fingerprint density at radius 3 is 2.55 bits per heavy atom. The summed E-state index contributed by atoms with van der Waals surface area (Å²) in [6.07, 6.45) is 0. The van der Waals surface area contributed by atoms with Crippen molar-refractivity contribution in [1.29, 1.82) is 0 Å². The maximum Gasteiger partial charge on any atom is 0.272 e. The third kappa shape index (κ3) is 2.27. The van der Waals surface area contributed by atoms with Gasteiger partial charge in [0.25, 0.3) is 5.91 Å². The van der Waals surface area contributed by atoms with Gasteiger partial charge >= 0.3 is 0 Å². The minimum Gasteiger partial charge on any atom is -0.323 e. The van der Waals surface area contributed by atoms with Crippen LogP contribution in [0.3, 0.4) is 0 Å². The molecule has 100 valence electrons. The maximum absolute atomic E-state index is 12.2. The van der Waals surface area contributed by atoms with E-state index in [1.54, 1.807) is 0 Å². The number of carbonyl (C=O) groups is 1. The van der Waals surface area contributed by atoms with E-state index in [-0.39, 0.29) is 5.91 Å². The van der Waals surface area contributed by atoms with Crippen molar-refractivity contribution in [3.05, 3.63) is 70.2 Å². The summed E-state index contributed by atoms with van der Waals surface area (Å²) in [6, 6.07) is 17.3. The fraction of sp³-hybridized carbons (Fsp3) is 0.125. The standard InChI is InChI=1S/C16H13BrN2O/c1-16(12-8-5-9-13(17)10-12)18-14(15(20)19-16)11-6-3-2-4-7-11/h2-10H,1H3,(H,19,20). The van der Waals surface area contributed by atoms with Gasteiger partial charge in [0.2, 0.25) is 0 Å². The summed E-state index contributed by atoms with van der Waals surface area (Å²) in [5, 5.41) is 2.96. The Hall–Kier alpha value is -1.94. The van der Waals surface area contributed by atoms with Crippen molar-refractivity contribution in [2.24, 2.45) is 4.99 Å². The van der Waals surface area contributed by atoms with Gasteiger partial charge in [0.05, 0.1) is 0 Å². The van der Waals surface area contributed by atoms with Gasteiger partial charge in [-0.1, -0.05) is 58.4 Å². The first-order chi connectivity index (χ1) is 9.58. The molecule has 1 atom stereocenters. The molecule has 0 spiro atoms. The van der Waals surface area contributed by atoms with E-state index in [9.17, 15) is 4.79 Å². The summed E-state index contributed by atoms with van der Waals surface area (Å²) < 4.78 is 0.967. The molecular weight excluding hydrogens is 316 g/mol. The van der Waals surface area contributed by atoms with Gasteiger partial charge in [-0.15, -0.1) is 0 Å².